The Labute approximate surface area is 98.1 Å². The minimum absolute atomic E-state index is 0.0834. The van der Waals surface area contributed by atoms with Crippen LogP contribution in [0.1, 0.15) is 40.0 Å². The van der Waals surface area contributed by atoms with Crippen LogP contribution in [0.4, 0.5) is 0 Å². The summed E-state index contributed by atoms with van der Waals surface area (Å²) in [6.07, 6.45) is 3.36. The smallest absolute Gasteiger partial charge is 0.234 e. The molecule has 2 N–H and O–H groups in total. The summed E-state index contributed by atoms with van der Waals surface area (Å²) in [5.41, 5.74) is 0. The first-order valence-corrected chi connectivity index (χ1v) is 6.27. The Hall–Kier alpha value is -0.610. The van der Waals surface area contributed by atoms with Gasteiger partial charge in [-0.25, -0.2) is 0 Å². The number of hydrogen-bond donors (Lipinski definition) is 2. The number of ether oxygens (including phenoxy) is 1. The first-order valence-electron chi connectivity index (χ1n) is 6.27. The molecule has 0 spiro atoms. The Kier molecular flexibility index (Phi) is 5.77. The van der Waals surface area contributed by atoms with Crippen LogP contribution in [0, 0.1) is 0 Å². The molecule has 3 atom stereocenters. The lowest BCUT2D eigenvalue weighted by Crippen LogP contribution is -2.44. The third kappa shape index (κ3) is 4.49. The highest BCUT2D eigenvalue weighted by Crippen LogP contribution is 2.11. The molecule has 1 fully saturated rings. The van der Waals surface area contributed by atoms with Crippen LogP contribution >= 0.6 is 0 Å². The average molecular weight is 228 g/mol. The van der Waals surface area contributed by atoms with Crippen molar-refractivity contribution in [2.24, 2.45) is 0 Å². The minimum Gasteiger partial charge on any atom is -0.377 e. The van der Waals surface area contributed by atoms with E-state index in [0.717, 1.165) is 25.9 Å². The van der Waals surface area contributed by atoms with E-state index in [0.29, 0.717) is 12.6 Å². The lowest BCUT2D eigenvalue weighted by Gasteiger charge is -2.17. The lowest BCUT2D eigenvalue weighted by molar-refractivity contribution is -0.121. The van der Waals surface area contributed by atoms with Gasteiger partial charge < -0.3 is 15.4 Å². The van der Waals surface area contributed by atoms with Gasteiger partial charge in [-0.15, -0.1) is 0 Å². The fourth-order valence-electron chi connectivity index (χ4n) is 2.05. The van der Waals surface area contributed by atoms with Crippen molar-refractivity contribution >= 4 is 5.91 Å². The zero-order valence-corrected chi connectivity index (χ0v) is 10.6. The van der Waals surface area contributed by atoms with E-state index in [2.05, 4.69) is 17.6 Å². The Morgan fingerprint density at radius 3 is 2.88 bits per heavy atom. The van der Waals surface area contributed by atoms with Gasteiger partial charge in [-0.05, 0) is 26.7 Å². The average Bonchev–Trinajstić information content (AvgIpc) is 2.61. The SMILES string of the molecule is CCCC(C)NC(=O)CNC1CCOC1C. The number of carbonyl (C=O) groups is 1. The molecule has 0 aromatic rings. The standard InChI is InChI=1S/C12H24N2O2/c1-4-5-9(2)14-12(15)8-13-11-6-7-16-10(11)3/h9-11,13H,4-8H2,1-3H3,(H,14,15). The van der Waals surface area contributed by atoms with Gasteiger partial charge in [-0.1, -0.05) is 13.3 Å². The second-order valence-electron chi connectivity index (χ2n) is 4.61. The van der Waals surface area contributed by atoms with Crippen LogP contribution in [0.3, 0.4) is 0 Å². The van der Waals surface area contributed by atoms with E-state index in [1.807, 2.05) is 13.8 Å². The zero-order valence-electron chi connectivity index (χ0n) is 10.6. The quantitative estimate of drug-likeness (QED) is 0.714. The number of carbonyl (C=O) groups excluding carboxylic acids is 1. The summed E-state index contributed by atoms with van der Waals surface area (Å²) in [6, 6.07) is 0.601. The van der Waals surface area contributed by atoms with Gasteiger partial charge >= 0.3 is 0 Å². The molecule has 1 rings (SSSR count). The molecule has 1 saturated heterocycles. The van der Waals surface area contributed by atoms with Gasteiger partial charge in [0.05, 0.1) is 12.6 Å². The van der Waals surface area contributed by atoms with Crippen molar-refractivity contribution in [3.8, 4) is 0 Å². The van der Waals surface area contributed by atoms with Crippen molar-refractivity contribution in [3.63, 3.8) is 0 Å². The summed E-state index contributed by atoms with van der Waals surface area (Å²) in [6.45, 7) is 7.41. The molecule has 0 aromatic carbocycles. The Balaban J connectivity index is 2.14. The Bertz CT molecular complexity index is 221. The van der Waals surface area contributed by atoms with Crippen LogP contribution < -0.4 is 10.6 Å². The maximum atomic E-state index is 11.6. The van der Waals surface area contributed by atoms with E-state index in [-0.39, 0.29) is 18.1 Å². The van der Waals surface area contributed by atoms with Gasteiger partial charge in [0.2, 0.25) is 5.91 Å². The van der Waals surface area contributed by atoms with Crippen LogP contribution in [0.15, 0.2) is 0 Å². The van der Waals surface area contributed by atoms with Crippen LogP contribution in [0.25, 0.3) is 0 Å². The fraction of sp³-hybridized carbons (Fsp3) is 0.917. The van der Waals surface area contributed by atoms with Crippen molar-refractivity contribution in [3.05, 3.63) is 0 Å². The fourth-order valence-corrected chi connectivity index (χ4v) is 2.05. The second kappa shape index (κ2) is 6.86. The normalized spacial score (nSPS) is 26.7. The van der Waals surface area contributed by atoms with Gasteiger partial charge in [0, 0.05) is 18.7 Å². The van der Waals surface area contributed by atoms with E-state index >= 15 is 0 Å². The molecule has 0 bridgehead atoms. The largest absolute Gasteiger partial charge is 0.377 e. The summed E-state index contributed by atoms with van der Waals surface area (Å²) in [5.74, 6) is 0.0834. The highest BCUT2D eigenvalue weighted by molar-refractivity contribution is 5.78. The molecule has 0 aliphatic carbocycles. The Morgan fingerprint density at radius 1 is 1.56 bits per heavy atom. The van der Waals surface area contributed by atoms with E-state index in [4.69, 9.17) is 4.74 Å². The van der Waals surface area contributed by atoms with E-state index < -0.39 is 0 Å². The predicted molar refractivity (Wildman–Crippen MR) is 64.3 cm³/mol. The summed E-state index contributed by atoms with van der Waals surface area (Å²) < 4.78 is 5.42. The minimum atomic E-state index is 0.0834. The molecule has 1 aliphatic rings. The molecule has 1 aliphatic heterocycles. The molecule has 3 unspecified atom stereocenters. The third-order valence-electron chi connectivity index (χ3n) is 3.03. The topological polar surface area (TPSA) is 50.4 Å². The van der Waals surface area contributed by atoms with Gasteiger partial charge in [-0.3, -0.25) is 4.79 Å². The summed E-state index contributed by atoms with van der Waals surface area (Å²) in [5, 5.41) is 6.22. The monoisotopic (exact) mass is 228 g/mol. The number of rotatable bonds is 6. The predicted octanol–water partition coefficient (Wildman–Crippen LogP) is 1.06. The first kappa shape index (κ1) is 13.5. The highest BCUT2D eigenvalue weighted by atomic mass is 16.5. The molecular formula is C12H24N2O2. The molecule has 1 heterocycles. The van der Waals surface area contributed by atoms with Gasteiger partial charge in [-0.2, -0.15) is 0 Å². The second-order valence-corrected chi connectivity index (χ2v) is 4.61. The van der Waals surface area contributed by atoms with Crippen LogP contribution in [-0.4, -0.2) is 37.2 Å². The molecule has 16 heavy (non-hydrogen) atoms. The van der Waals surface area contributed by atoms with E-state index in [9.17, 15) is 4.79 Å². The van der Waals surface area contributed by atoms with Crippen LogP contribution in [0.5, 0.6) is 0 Å². The lowest BCUT2D eigenvalue weighted by atomic mass is 10.1. The summed E-state index contributed by atoms with van der Waals surface area (Å²) >= 11 is 0. The molecule has 0 aromatic heterocycles. The van der Waals surface area contributed by atoms with Crippen molar-refractivity contribution in [2.45, 2.75) is 58.2 Å². The van der Waals surface area contributed by atoms with Crippen LogP contribution in [-0.2, 0) is 9.53 Å². The maximum absolute atomic E-state index is 11.6. The van der Waals surface area contributed by atoms with E-state index in [1.165, 1.54) is 0 Å². The van der Waals surface area contributed by atoms with Crippen molar-refractivity contribution in [1.29, 1.82) is 0 Å². The maximum Gasteiger partial charge on any atom is 0.234 e. The number of nitrogens with one attached hydrogen (secondary N) is 2. The zero-order chi connectivity index (χ0) is 12.0. The molecule has 0 radical (unpaired) electrons. The van der Waals surface area contributed by atoms with E-state index in [1.54, 1.807) is 0 Å². The van der Waals surface area contributed by atoms with Gasteiger partial charge in [0.25, 0.3) is 0 Å². The van der Waals surface area contributed by atoms with Crippen LogP contribution in [0.2, 0.25) is 0 Å². The van der Waals surface area contributed by atoms with Crippen molar-refractivity contribution < 1.29 is 9.53 Å². The van der Waals surface area contributed by atoms with Gasteiger partial charge in [0.15, 0.2) is 0 Å². The van der Waals surface area contributed by atoms with Crippen molar-refractivity contribution in [1.82, 2.24) is 10.6 Å². The first-order chi connectivity index (χ1) is 7.63. The summed E-state index contributed by atoms with van der Waals surface area (Å²) in [7, 11) is 0. The molecule has 4 nitrogen and oxygen atoms in total. The van der Waals surface area contributed by atoms with Gasteiger partial charge in [0.1, 0.15) is 0 Å². The number of amides is 1. The molecular weight excluding hydrogens is 204 g/mol. The third-order valence-corrected chi connectivity index (χ3v) is 3.03. The molecule has 1 amide bonds. The molecule has 4 heteroatoms. The molecule has 94 valence electrons. The molecule has 0 saturated carbocycles. The highest BCUT2D eigenvalue weighted by Gasteiger charge is 2.24. The Morgan fingerprint density at radius 2 is 2.31 bits per heavy atom. The number of hydrogen-bond acceptors (Lipinski definition) is 3. The van der Waals surface area contributed by atoms with Crippen molar-refractivity contribution in [2.75, 3.05) is 13.2 Å². The summed E-state index contributed by atoms with van der Waals surface area (Å²) in [4.78, 5) is 11.6.